The number of thiophene rings is 1. The number of nitrogens with one attached hydrogen (secondary N) is 1. The van der Waals surface area contributed by atoms with Crippen molar-refractivity contribution < 1.29 is 9.59 Å². The fraction of sp³-hybridized carbons (Fsp3) is 0.286. The number of carbonyl (C=O) groups excluding carboxylic acids is 2. The van der Waals surface area contributed by atoms with Gasteiger partial charge in [0.2, 0.25) is 5.91 Å². The fourth-order valence-electron chi connectivity index (χ4n) is 2.00. The lowest BCUT2D eigenvalue weighted by atomic mass is 10.2. The van der Waals surface area contributed by atoms with Crippen molar-refractivity contribution in [2.75, 3.05) is 25.9 Å². The van der Waals surface area contributed by atoms with Crippen LogP contribution in [0.2, 0.25) is 0 Å². The van der Waals surface area contributed by atoms with Gasteiger partial charge in [-0.3, -0.25) is 9.59 Å². The minimum atomic E-state index is -0.244. The number of benzene rings is 1. The summed E-state index contributed by atoms with van der Waals surface area (Å²) in [6.45, 7) is 2.39. The van der Waals surface area contributed by atoms with Crippen molar-refractivity contribution in [2.24, 2.45) is 0 Å². The zero-order valence-corrected chi connectivity index (χ0v) is 14.2. The van der Waals surface area contributed by atoms with Crippen LogP contribution in [0.5, 0.6) is 0 Å². The highest BCUT2D eigenvalue weighted by molar-refractivity contribution is 9.10. The molecule has 1 aromatic carbocycles. The van der Waals surface area contributed by atoms with Crippen LogP contribution in [-0.4, -0.2) is 36.9 Å². The van der Waals surface area contributed by atoms with Crippen LogP contribution in [0.25, 0.3) is 10.1 Å². The Morgan fingerprint density at radius 1 is 1.43 bits per heavy atom. The minimum absolute atomic E-state index is 0.0154. The number of hydrogen-bond donors (Lipinski definition) is 2. The first-order valence-electron chi connectivity index (χ1n) is 6.44. The van der Waals surface area contributed by atoms with Gasteiger partial charge in [0.15, 0.2) is 0 Å². The molecule has 0 bridgehead atoms. The number of fused-ring (bicyclic) bond motifs is 1. The smallest absolute Gasteiger partial charge is 0.266 e. The summed E-state index contributed by atoms with van der Waals surface area (Å²) in [6.07, 6.45) is 0. The Hall–Kier alpha value is -1.60. The molecule has 0 atom stereocenters. The Kier molecular flexibility index (Phi) is 4.84. The highest BCUT2D eigenvalue weighted by Crippen LogP contribution is 2.38. The molecule has 2 rings (SSSR count). The van der Waals surface area contributed by atoms with E-state index in [2.05, 4.69) is 21.2 Å². The van der Waals surface area contributed by atoms with Crippen LogP contribution in [0.3, 0.4) is 0 Å². The van der Waals surface area contributed by atoms with Gasteiger partial charge in [0, 0.05) is 28.2 Å². The van der Waals surface area contributed by atoms with Gasteiger partial charge in [-0.15, -0.1) is 11.3 Å². The summed E-state index contributed by atoms with van der Waals surface area (Å²) in [5.74, 6) is -0.430. The number of nitrogens with zero attached hydrogens (tertiary/aromatic N) is 1. The lowest BCUT2D eigenvalue weighted by Gasteiger charge is -2.15. The molecule has 0 saturated carbocycles. The number of hydrogen-bond acceptors (Lipinski definition) is 4. The normalized spacial score (nSPS) is 10.6. The first-order chi connectivity index (χ1) is 9.95. The first kappa shape index (κ1) is 15.8. The number of nitrogen functional groups attached to an aromatic ring is 1. The van der Waals surface area contributed by atoms with Crippen molar-refractivity contribution in [3.8, 4) is 0 Å². The van der Waals surface area contributed by atoms with E-state index < -0.39 is 0 Å². The standard InChI is InChI=1S/C14H16BrN3O2S/c1-3-17-10(19)7-18(2)14(20)13-12(16)11-8(15)5-4-6-9(11)21-13/h4-6H,3,7,16H2,1-2H3,(H,17,19). The molecule has 0 aliphatic heterocycles. The van der Waals surface area contributed by atoms with E-state index in [0.29, 0.717) is 17.1 Å². The SMILES string of the molecule is CCNC(=O)CN(C)C(=O)c1sc2cccc(Br)c2c1N. The molecule has 0 fully saturated rings. The van der Waals surface area contributed by atoms with Crippen molar-refractivity contribution in [1.82, 2.24) is 10.2 Å². The molecular formula is C14H16BrN3O2S. The summed E-state index contributed by atoms with van der Waals surface area (Å²) in [7, 11) is 1.59. The maximum absolute atomic E-state index is 12.4. The molecule has 21 heavy (non-hydrogen) atoms. The molecule has 5 nitrogen and oxygen atoms in total. The number of halogens is 1. The molecule has 0 unspecified atom stereocenters. The minimum Gasteiger partial charge on any atom is -0.397 e. The van der Waals surface area contributed by atoms with Gasteiger partial charge in [0.25, 0.3) is 5.91 Å². The summed E-state index contributed by atoms with van der Waals surface area (Å²) < 4.78 is 1.80. The van der Waals surface area contributed by atoms with Crippen molar-refractivity contribution in [3.05, 3.63) is 27.5 Å². The third kappa shape index (κ3) is 3.19. The zero-order chi connectivity index (χ0) is 15.6. The summed E-state index contributed by atoms with van der Waals surface area (Å²) in [6, 6.07) is 5.70. The number of rotatable bonds is 4. The summed E-state index contributed by atoms with van der Waals surface area (Å²) in [5, 5.41) is 3.51. The highest BCUT2D eigenvalue weighted by atomic mass is 79.9. The quantitative estimate of drug-likeness (QED) is 0.868. The lowest BCUT2D eigenvalue weighted by molar-refractivity contribution is -0.121. The van der Waals surface area contributed by atoms with Gasteiger partial charge in [0.05, 0.1) is 12.2 Å². The monoisotopic (exact) mass is 369 g/mol. The molecule has 0 spiro atoms. The molecule has 7 heteroatoms. The van der Waals surface area contributed by atoms with E-state index in [1.165, 1.54) is 16.2 Å². The number of carbonyl (C=O) groups is 2. The van der Waals surface area contributed by atoms with Crippen molar-refractivity contribution in [3.63, 3.8) is 0 Å². The Morgan fingerprint density at radius 3 is 2.76 bits per heavy atom. The van der Waals surface area contributed by atoms with E-state index >= 15 is 0 Å². The molecule has 0 aliphatic carbocycles. The van der Waals surface area contributed by atoms with Crippen LogP contribution in [0.4, 0.5) is 5.69 Å². The third-order valence-electron chi connectivity index (χ3n) is 3.00. The number of anilines is 1. The van der Waals surface area contributed by atoms with Gasteiger partial charge < -0.3 is 16.0 Å². The van der Waals surface area contributed by atoms with Crippen LogP contribution in [0.1, 0.15) is 16.6 Å². The summed E-state index contributed by atoms with van der Waals surface area (Å²) >= 11 is 4.78. The van der Waals surface area contributed by atoms with Crippen molar-refractivity contribution >= 4 is 54.9 Å². The first-order valence-corrected chi connectivity index (χ1v) is 8.05. The van der Waals surface area contributed by atoms with E-state index in [9.17, 15) is 9.59 Å². The van der Waals surface area contributed by atoms with Crippen LogP contribution >= 0.6 is 27.3 Å². The predicted octanol–water partition coefficient (Wildman–Crippen LogP) is 2.45. The average molecular weight is 370 g/mol. The maximum Gasteiger partial charge on any atom is 0.266 e. The van der Waals surface area contributed by atoms with E-state index in [0.717, 1.165) is 14.6 Å². The molecule has 0 aliphatic rings. The number of amides is 2. The second-order valence-electron chi connectivity index (χ2n) is 4.57. The molecule has 1 heterocycles. The molecular weight excluding hydrogens is 354 g/mol. The lowest BCUT2D eigenvalue weighted by Crippen LogP contribution is -2.38. The van der Waals surface area contributed by atoms with Crippen LogP contribution in [-0.2, 0) is 4.79 Å². The zero-order valence-electron chi connectivity index (χ0n) is 11.8. The summed E-state index contributed by atoms with van der Waals surface area (Å²) in [4.78, 5) is 25.8. The topological polar surface area (TPSA) is 75.4 Å². The van der Waals surface area contributed by atoms with Crippen LogP contribution in [0, 0.1) is 0 Å². The van der Waals surface area contributed by atoms with Crippen molar-refractivity contribution in [1.29, 1.82) is 0 Å². The Morgan fingerprint density at radius 2 is 2.14 bits per heavy atom. The van der Waals surface area contributed by atoms with Crippen LogP contribution < -0.4 is 11.1 Å². The van der Waals surface area contributed by atoms with Gasteiger partial charge in [-0.25, -0.2) is 0 Å². The molecule has 0 radical (unpaired) electrons. The molecule has 2 amide bonds. The second kappa shape index (κ2) is 6.44. The van der Waals surface area contributed by atoms with Gasteiger partial charge in [0.1, 0.15) is 4.88 Å². The Labute approximate surface area is 135 Å². The predicted molar refractivity (Wildman–Crippen MR) is 89.6 cm³/mol. The van der Waals surface area contributed by atoms with Gasteiger partial charge >= 0.3 is 0 Å². The largest absolute Gasteiger partial charge is 0.397 e. The van der Waals surface area contributed by atoms with E-state index in [4.69, 9.17) is 5.73 Å². The maximum atomic E-state index is 12.4. The van der Waals surface area contributed by atoms with Crippen molar-refractivity contribution in [2.45, 2.75) is 6.92 Å². The second-order valence-corrected chi connectivity index (χ2v) is 6.48. The third-order valence-corrected chi connectivity index (χ3v) is 4.82. The van der Waals surface area contributed by atoms with E-state index in [1.54, 1.807) is 7.05 Å². The summed E-state index contributed by atoms with van der Waals surface area (Å²) in [5.41, 5.74) is 6.55. The Balaban J connectivity index is 2.29. The fourth-order valence-corrected chi connectivity index (χ4v) is 3.86. The van der Waals surface area contributed by atoms with Crippen LogP contribution in [0.15, 0.2) is 22.7 Å². The van der Waals surface area contributed by atoms with Gasteiger partial charge in [-0.2, -0.15) is 0 Å². The molecule has 0 saturated heterocycles. The molecule has 112 valence electrons. The number of nitrogens with two attached hydrogens (primary N) is 1. The molecule has 2 aromatic rings. The van der Waals surface area contributed by atoms with Gasteiger partial charge in [-0.1, -0.05) is 22.0 Å². The van der Waals surface area contributed by atoms with Gasteiger partial charge in [-0.05, 0) is 19.1 Å². The number of likely N-dealkylation sites (N-methyl/N-ethyl adjacent to an activating group) is 2. The molecule has 1 aromatic heterocycles. The Bertz CT molecular complexity index is 699. The van der Waals surface area contributed by atoms with E-state index in [1.807, 2.05) is 25.1 Å². The average Bonchev–Trinajstić information content (AvgIpc) is 2.76. The highest BCUT2D eigenvalue weighted by Gasteiger charge is 2.22. The molecule has 3 N–H and O–H groups in total. The van der Waals surface area contributed by atoms with E-state index in [-0.39, 0.29) is 18.4 Å².